The fourth-order valence-corrected chi connectivity index (χ4v) is 3.35. The highest BCUT2D eigenvalue weighted by atomic mass is 16.6. The minimum absolute atomic E-state index is 0.0731. The second kappa shape index (κ2) is 8.28. The number of methoxy groups -OCH3 is 1. The standard InChI is InChI=1S/C23H23NO4/c1-14(9-17-5-7-18(12-24)8-6-17)10-19-11-20(27-13-19)22-15(2)21(25)16(3)23(26-4)28-22/h5-10,20H,11,13H2,1-4H3. The highest BCUT2D eigenvalue weighted by Gasteiger charge is 2.28. The molecule has 1 aliphatic heterocycles. The van der Waals surface area contributed by atoms with E-state index in [9.17, 15) is 4.79 Å². The van der Waals surface area contributed by atoms with Crippen molar-refractivity contribution in [2.45, 2.75) is 33.3 Å². The van der Waals surface area contributed by atoms with Gasteiger partial charge in [-0.2, -0.15) is 5.26 Å². The summed E-state index contributed by atoms with van der Waals surface area (Å²) < 4.78 is 16.9. The maximum atomic E-state index is 12.4. The van der Waals surface area contributed by atoms with Gasteiger partial charge in [-0.3, -0.25) is 4.79 Å². The van der Waals surface area contributed by atoms with E-state index in [0.717, 1.165) is 16.7 Å². The van der Waals surface area contributed by atoms with E-state index in [0.29, 0.717) is 35.5 Å². The second-order valence-corrected chi connectivity index (χ2v) is 6.97. The van der Waals surface area contributed by atoms with Gasteiger partial charge in [0.15, 0.2) is 5.43 Å². The second-order valence-electron chi connectivity index (χ2n) is 6.97. The van der Waals surface area contributed by atoms with E-state index < -0.39 is 0 Å². The van der Waals surface area contributed by atoms with Gasteiger partial charge in [0.25, 0.3) is 5.95 Å². The molecule has 0 radical (unpaired) electrons. The van der Waals surface area contributed by atoms with Crippen LogP contribution in [-0.4, -0.2) is 13.7 Å². The van der Waals surface area contributed by atoms with Crippen molar-refractivity contribution < 1.29 is 13.9 Å². The lowest BCUT2D eigenvalue weighted by molar-refractivity contribution is 0.0880. The van der Waals surface area contributed by atoms with Gasteiger partial charge in [-0.1, -0.05) is 29.9 Å². The van der Waals surface area contributed by atoms with E-state index in [-0.39, 0.29) is 17.5 Å². The molecule has 1 atom stereocenters. The molecule has 1 saturated heterocycles. The fraction of sp³-hybridized carbons (Fsp3) is 0.304. The van der Waals surface area contributed by atoms with Crippen LogP contribution in [0, 0.1) is 25.2 Å². The molecule has 0 N–H and O–H groups in total. The van der Waals surface area contributed by atoms with Crippen molar-refractivity contribution in [1.29, 1.82) is 5.26 Å². The van der Waals surface area contributed by atoms with E-state index in [4.69, 9.17) is 19.2 Å². The van der Waals surface area contributed by atoms with Gasteiger partial charge in [0.05, 0.1) is 30.9 Å². The quantitative estimate of drug-likeness (QED) is 0.777. The van der Waals surface area contributed by atoms with Gasteiger partial charge in [-0.05, 0) is 44.0 Å². The Bertz CT molecular complexity index is 1040. The molecule has 0 spiro atoms. The SMILES string of the molecule is COc1oc(C2CC(=CC(C)=Cc3ccc(C#N)cc3)CO2)c(C)c(=O)c1C. The van der Waals surface area contributed by atoms with Crippen LogP contribution in [0.1, 0.15) is 47.5 Å². The van der Waals surface area contributed by atoms with Crippen molar-refractivity contribution in [1.82, 2.24) is 0 Å². The predicted molar refractivity (Wildman–Crippen MR) is 107 cm³/mol. The molecule has 28 heavy (non-hydrogen) atoms. The monoisotopic (exact) mass is 377 g/mol. The van der Waals surface area contributed by atoms with Crippen molar-refractivity contribution >= 4 is 6.08 Å². The van der Waals surface area contributed by atoms with Crippen LogP contribution in [-0.2, 0) is 4.74 Å². The Balaban J connectivity index is 1.79. The van der Waals surface area contributed by atoms with Crippen LogP contribution in [0.5, 0.6) is 5.95 Å². The summed E-state index contributed by atoms with van der Waals surface area (Å²) in [6.45, 7) is 5.97. The first kappa shape index (κ1) is 19.7. The van der Waals surface area contributed by atoms with E-state index in [1.165, 1.54) is 7.11 Å². The van der Waals surface area contributed by atoms with E-state index in [1.54, 1.807) is 26.0 Å². The number of benzene rings is 1. The molecule has 2 aromatic rings. The average Bonchev–Trinajstić information content (AvgIpc) is 3.15. The number of rotatable bonds is 4. The summed E-state index contributed by atoms with van der Waals surface area (Å²) in [5, 5.41) is 8.88. The molecule has 5 heteroatoms. The van der Waals surface area contributed by atoms with Crippen LogP contribution >= 0.6 is 0 Å². The average molecular weight is 377 g/mol. The van der Waals surface area contributed by atoms with Crippen LogP contribution in [0.2, 0.25) is 0 Å². The molecule has 1 aromatic heterocycles. The molecule has 144 valence electrons. The Kier molecular flexibility index (Phi) is 5.81. The summed E-state index contributed by atoms with van der Waals surface area (Å²) in [7, 11) is 1.49. The summed E-state index contributed by atoms with van der Waals surface area (Å²) in [5.74, 6) is 0.771. The van der Waals surface area contributed by atoms with Crippen LogP contribution in [0.4, 0.5) is 0 Å². The maximum Gasteiger partial charge on any atom is 0.291 e. The van der Waals surface area contributed by atoms with E-state index >= 15 is 0 Å². The fourth-order valence-electron chi connectivity index (χ4n) is 3.35. The first-order valence-corrected chi connectivity index (χ1v) is 9.10. The highest BCUT2D eigenvalue weighted by Crippen LogP contribution is 2.35. The Hall–Kier alpha value is -3.10. The van der Waals surface area contributed by atoms with Crippen molar-refractivity contribution in [3.8, 4) is 12.0 Å². The van der Waals surface area contributed by atoms with Crippen LogP contribution in [0.25, 0.3) is 6.08 Å². The van der Waals surface area contributed by atoms with E-state index in [2.05, 4.69) is 18.2 Å². The Morgan fingerprint density at radius 1 is 1.25 bits per heavy atom. The molecule has 0 amide bonds. The molecule has 1 aromatic carbocycles. The van der Waals surface area contributed by atoms with Crippen molar-refractivity contribution in [2.75, 3.05) is 13.7 Å². The third kappa shape index (κ3) is 4.08. The van der Waals surface area contributed by atoms with Crippen LogP contribution in [0.3, 0.4) is 0 Å². The lowest BCUT2D eigenvalue weighted by Crippen LogP contribution is -2.15. The molecule has 0 saturated carbocycles. The molecule has 0 bridgehead atoms. The predicted octanol–water partition coefficient (Wildman–Crippen LogP) is 4.63. The first-order valence-electron chi connectivity index (χ1n) is 9.10. The van der Waals surface area contributed by atoms with Crippen molar-refractivity contribution in [2.24, 2.45) is 0 Å². The lowest BCUT2D eigenvalue weighted by atomic mass is 10.0. The molecular weight excluding hydrogens is 354 g/mol. The largest absolute Gasteiger partial charge is 0.468 e. The summed E-state index contributed by atoms with van der Waals surface area (Å²) in [6, 6.07) is 9.57. The minimum Gasteiger partial charge on any atom is -0.468 e. The van der Waals surface area contributed by atoms with Gasteiger partial charge in [0, 0.05) is 12.0 Å². The number of nitrogens with zero attached hydrogens (tertiary/aromatic N) is 1. The number of hydrogen-bond acceptors (Lipinski definition) is 5. The molecule has 0 aliphatic carbocycles. The molecule has 5 nitrogen and oxygen atoms in total. The van der Waals surface area contributed by atoms with Crippen molar-refractivity contribution in [3.05, 3.63) is 79.7 Å². The summed E-state index contributed by atoms with van der Waals surface area (Å²) in [4.78, 5) is 12.4. The van der Waals surface area contributed by atoms with Gasteiger partial charge in [-0.25, -0.2) is 0 Å². The smallest absolute Gasteiger partial charge is 0.291 e. The van der Waals surface area contributed by atoms with E-state index in [1.807, 2.05) is 19.1 Å². The van der Waals surface area contributed by atoms with Gasteiger partial charge in [-0.15, -0.1) is 0 Å². The first-order chi connectivity index (χ1) is 13.4. The Morgan fingerprint density at radius 3 is 2.61 bits per heavy atom. The van der Waals surface area contributed by atoms with Gasteiger partial charge >= 0.3 is 0 Å². The highest BCUT2D eigenvalue weighted by molar-refractivity contribution is 5.56. The topological polar surface area (TPSA) is 72.5 Å². The summed E-state index contributed by atoms with van der Waals surface area (Å²) >= 11 is 0. The molecule has 3 rings (SSSR count). The number of allylic oxidation sites excluding steroid dienone is 2. The zero-order chi connectivity index (χ0) is 20.3. The molecule has 1 fully saturated rings. The van der Waals surface area contributed by atoms with Gasteiger partial charge in [0.1, 0.15) is 11.9 Å². The third-order valence-corrected chi connectivity index (χ3v) is 4.82. The summed E-state index contributed by atoms with van der Waals surface area (Å²) in [5.41, 5.74) is 4.86. The minimum atomic E-state index is -0.295. The Labute approximate surface area is 164 Å². The van der Waals surface area contributed by atoms with Crippen LogP contribution in [0.15, 0.2) is 50.7 Å². The summed E-state index contributed by atoms with van der Waals surface area (Å²) in [6.07, 6.45) is 4.52. The lowest BCUT2D eigenvalue weighted by Gasteiger charge is -2.13. The number of hydrogen-bond donors (Lipinski definition) is 0. The maximum absolute atomic E-state index is 12.4. The molecule has 1 aliphatic rings. The number of ether oxygens (including phenoxy) is 2. The van der Waals surface area contributed by atoms with Gasteiger partial charge < -0.3 is 13.9 Å². The molecular formula is C23H23NO4. The Morgan fingerprint density at radius 2 is 1.96 bits per heavy atom. The van der Waals surface area contributed by atoms with Crippen molar-refractivity contribution in [3.63, 3.8) is 0 Å². The van der Waals surface area contributed by atoms with Crippen LogP contribution < -0.4 is 10.2 Å². The molecule has 1 unspecified atom stereocenters. The third-order valence-electron chi connectivity index (χ3n) is 4.82. The molecule has 2 heterocycles. The van der Waals surface area contributed by atoms with Gasteiger partial charge in [0.2, 0.25) is 0 Å². The zero-order valence-electron chi connectivity index (χ0n) is 16.5. The zero-order valence-corrected chi connectivity index (χ0v) is 16.5. The normalized spacial score (nSPS) is 18.3. The number of nitriles is 1.